The molecule has 0 saturated carbocycles. The molecule has 0 spiro atoms. The van der Waals surface area contributed by atoms with E-state index >= 15 is 0 Å². The Morgan fingerprint density at radius 3 is 2.03 bits per heavy atom. The summed E-state index contributed by atoms with van der Waals surface area (Å²) in [7, 11) is 2.21. The molecule has 3 aromatic carbocycles. The summed E-state index contributed by atoms with van der Waals surface area (Å²) in [5.74, 6) is 1.19. The molecule has 0 aliphatic carbocycles. The molecule has 1 N–H and O–H groups in total. The van der Waals surface area contributed by atoms with Gasteiger partial charge in [0.15, 0.2) is 5.82 Å². The standard InChI is InChI=1S/C33H39N3O2/c1-4-28(22-36(3)21-25-15-9-6-10-16-25)33(5-2)23-37-32(38-24-33)31-34-29(26-17-11-7-12-18-26)30(35-31)27-19-13-8-14-20-27/h6-20,28,32H,4-5,21-24H2,1-3H3,(H,34,35). The summed E-state index contributed by atoms with van der Waals surface area (Å²) in [6.45, 7) is 7.82. The van der Waals surface area contributed by atoms with Crippen LogP contribution in [-0.4, -0.2) is 41.7 Å². The van der Waals surface area contributed by atoms with Crippen molar-refractivity contribution in [1.29, 1.82) is 0 Å². The third-order valence-corrected chi connectivity index (χ3v) is 7.99. The molecule has 4 aromatic rings. The Hall–Kier alpha value is -3.25. The Morgan fingerprint density at radius 1 is 0.868 bits per heavy atom. The summed E-state index contributed by atoms with van der Waals surface area (Å²) in [4.78, 5) is 11.0. The minimum absolute atomic E-state index is 0.0205. The summed E-state index contributed by atoms with van der Waals surface area (Å²) in [6, 6.07) is 31.3. The van der Waals surface area contributed by atoms with Gasteiger partial charge < -0.3 is 19.4 Å². The van der Waals surface area contributed by atoms with Crippen molar-refractivity contribution in [2.75, 3.05) is 26.8 Å². The van der Waals surface area contributed by atoms with Crippen molar-refractivity contribution in [2.45, 2.75) is 39.5 Å². The van der Waals surface area contributed by atoms with Crippen molar-refractivity contribution in [3.63, 3.8) is 0 Å². The second-order valence-corrected chi connectivity index (χ2v) is 10.5. The molecule has 5 heteroatoms. The highest BCUT2D eigenvalue weighted by atomic mass is 16.7. The first-order valence-electron chi connectivity index (χ1n) is 13.8. The van der Waals surface area contributed by atoms with Crippen LogP contribution in [0.25, 0.3) is 22.5 Å². The Labute approximate surface area is 226 Å². The van der Waals surface area contributed by atoms with Gasteiger partial charge >= 0.3 is 0 Å². The minimum atomic E-state index is -0.505. The molecular weight excluding hydrogens is 470 g/mol. The Morgan fingerprint density at radius 2 is 1.45 bits per heavy atom. The molecule has 0 bridgehead atoms. The van der Waals surface area contributed by atoms with Gasteiger partial charge in [0.25, 0.3) is 0 Å². The zero-order chi connectivity index (χ0) is 26.4. The number of benzene rings is 3. The first-order valence-corrected chi connectivity index (χ1v) is 13.8. The number of ether oxygens (including phenoxy) is 2. The maximum Gasteiger partial charge on any atom is 0.217 e. The molecule has 0 radical (unpaired) electrons. The molecule has 2 heterocycles. The topological polar surface area (TPSA) is 50.4 Å². The maximum atomic E-state index is 6.46. The van der Waals surface area contributed by atoms with Crippen molar-refractivity contribution in [2.24, 2.45) is 11.3 Å². The number of hydrogen-bond donors (Lipinski definition) is 1. The highest BCUT2D eigenvalue weighted by Crippen LogP contribution is 2.42. The molecule has 198 valence electrons. The lowest BCUT2D eigenvalue weighted by molar-refractivity contribution is -0.251. The van der Waals surface area contributed by atoms with E-state index in [4.69, 9.17) is 14.5 Å². The number of aromatic amines is 1. The van der Waals surface area contributed by atoms with E-state index in [9.17, 15) is 0 Å². The lowest BCUT2D eigenvalue weighted by Crippen LogP contribution is -2.47. The van der Waals surface area contributed by atoms with E-state index < -0.39 is 6.29 Å². The first-order chi connectivity index (χ1) is 18.6. The molecular formula is C33H39N3O2. The molecule has 1 fully saturated rings. The van der Waals surface area contributed by atoms with Gasteiger partial charge in [-0.15, -0.1) is 0 Å². The van der Waals surface area contributed by atoms with Crippen molar-refractivity contribution < 1.29 is 9.47 Å². The fraction of sp³-hybridized carbons (Fsp3) is 0.364. The number of nitrogens with one attached hydrogen (secondary N) is 1. The highest BCUT2D eigenvalue weighted by molar-refractivity contribution is 5.78. The van der Waals surface area contributed by atoms with Crippen LogP contribution in [0, 0.1) is 11.3 Å². The predicted octanol–water partition coefficient (Wildman–Crippen LogP) is 7.34. The zero-order valence-corrected chi connectivity index (χ0v) is 22.8. The van der Waals surface area contributed by atoms with E-state index in [-0.39, 0.29) is 5.41 Å². The van der Waals surface area contributed by atoms with Crippen molar-refractivity contribution >= 4 is 0 Å². The van der Waals surface area contributed by atoms with Crippen LogP contribution in [0.3, 0.4) is 0 Å². The Kier molecular flexibility index (Phi) is 8.38. The fourth-order valence-corrected chi connectivity index (χ4v) is 5.67. The zero-order valence-electron chi connectivity index (χ0n) is 22.8. The van der Waals surface area contributed by atoms with Crippen LogP contribution in [0.2, 0.25) is 0 Å². The van der Waals surface area contributed by atoms with Gasteiger partial charge in [0, 0.05) is 29.6 Å². The lowest BCUT2D eigenvalue weighted by Gasteiger charge is -2.45. The molecule has 1 aliphatic rings. The average Bonchev–Trinajstić information content (AvgIpc) is 3.43. The summed E-state index contributed by atoms with van der Waals surface area (Å²) in [5.41, 5.74) is 5.39. The third kappa shape index (κ3) is 5.75. The molecule has 1 aromatic heterocycles. The van der Waals surface area contributed by atoms with Gasteiger partial charge in [0.1, 0.15) is 0 Å². The number of hydrogen-bond acceptors (Lipinski definition) is 4. The number of rotatable bonds is 10. The van der Waals surface area contributed by atoms with E-state index in [1.807, 2.05) is 36.4 Å². The van der Waals surface area contributed by atoms with Crippen molar-refractivity contribution in [3.05, 3.63) is 102 Å². The quantitative estimate of drug-likeness (QED) is 0.243. The molecule has 38 heavy (non-hydrogen) atoms. The van der Waals surface area contributed by atoms with Gasteiger partial charge in [0.05, 0.1) is 24.6 Å². The number of nitrogens with zero attached hydrogens (tertiary/aromatic N) is 2. The van der Waals surface area contributed by atoms with E-state index in [1.165, 1.54) is 5.56 Å². The van der Waals surface area contributed by atoms with Crippen molar-refractivity contribution in [3.8, 4) is 22.5 Å². The van der Waals surface area contributed by atoms with Gasteiger partial charge in [-0.1, -0.05) is 111 Å². The molecule has 0 amide bonds. The van der Waals surface area contributed by atoms with Crippen LogP contribution in [0.4, 0.5) is 0 Å². The molecule has 1 aliphatic heterocycles. The summed E-state index contributed by atoms with van der Waals surface area (Å²) in [5, 5.41) is 0. The van der Waals surface area contributed by atoms with Crippen molar-refractivity contribution in [1.82, 2.24) is 14.9 Å². The van der Waals surface area contributed by atoms with Crippen LogP contribution in [0.15, 0.2) is 91.0 Å². The smallest absolute Gasteiger partial charge is 0.217 e. The normalized spacial score (nSPS) is 20.5. The van der Waals surface area contributed by atoms with Gasteiger partial charge in [-0.3, -0.25) is 0 Å². The highest BCUT2D eigenvalue weighted by Gasteiger charge is 2.43. The molecule has 5 nitrogen and oxygen atoms in total. The average molecular weight is 510 g/mol. The first kappa shape index (κ1) is 26.4. The van der Waals surface area contributed by atoms with Gasteiger partial charge in [0.2, 0.25) is 6.29 Å². The Bertz CT molecular complexity index is 1210. The SMILES string of the molecule is CCC(CN(C)Cc1ccccc1)C1(CC)COC(c2nc(-c3ccccc3)c(-c3ccccc3)[nH]2)OC1. The van der Waals surface area contributed by atoms with Crippen LogP contribution in [-0.2, 0) is 16.0 Å². The van der Waals surface area contributed by atoms with Gasteiger partial charge in [-0.25, -0.2) is 4.98 Å². The molecule has 1 saturated heterocycles. The lowest BCUT2D eigenvalue weighted by atomic mass is 9.72. The predicted molar refractivity (Wildman–Crippen MR) is 153 cm³/mol. The fourth-order valence-electron chi connectivity index (χ4n) is 5.67. The molecule has 1 atom stereocenters. The van der Waals surface area contributed by atoms with E-state index in [0.717, 1.165) is 54.3 Å². The largest absolute Gasteiger partial charge is 0.345 e. The number of imidazole rings is 1. The second kappa shape index (κ2) is 12.1. The summed E-state index contributed by atoms with van der Waals surface area (Å²) < 4.78 is 12.9. The number of aromatic nitrogens is 2. The molecule has 1 unspecified atom stereocenters. The molecule has 5 rings (SSSR count). The minimum Gasteiger partial charge on any atom is -0.345 e. The van der Waals surface area contributed by atoms with E-state index in [1.54, 1.807) is 0 Å². The van der Waals surface area contributed by atoms with E-state index in [2.05, 4.69) is 85.4 Å². The van der Waals surface area contributed by atoms with Crippen LogP contribution in [0.5, 0.6) is 0 Å². The van der Waals surface area contributed by atoms with Crippen LogP contribution < -0.4 is 0 Å². The van der Waals surface area contributed by atoms with Crippen LogP contribution in [0.1, 0.15) is 44.4 Å². The van der Waals surface area contributed by atoms with Gasteiger partial charge in [-0.05, 0) is 24.9 Å². The monoisotopic (exact) mass is 509 g/mol. The van der Waals surface area contributed by atoms with E-state index in [0.29, 0.717) is 19.1 Å². The maximum absolute atomic E-state index is 6.46. The third-order valence-electron chi connectivity index (χ3n) is 7.99. The summed E-state index contributed by atoms with van der Waals surface area (Å²) in [6.07, 6.45) is 1.59. The second-order valence-electron chi connectivity index (χ2n) is 10.5. The van der Waals surface area contributed by atoms with Crippen LogP contribution >= 0.6 is 0 Å². The Balaban J connectivity index is 1.32. The van der Waals surface area contributed by atoms with Gasteiger partial charge in [-0.2, -0.15) is 0 Å². The summed E-state index contributed by atoms with van der Waals surface area (Å²) >= 11 is 0. The number of H-pyrrole nitrogens is 1.